The molecule has 1 rings (SSSR count). The summed E-state index contributed by atoms with van der Waals surface area (Å²) in [4.78, 5) is 13.4. The van der Waals surface area contributed by atoms with Crippen LogP contribution in [0.2, 0.25) is 0 Å². The Bertz CT molecular complexity index is 413. The number of ether oxygens (including phenoxy) is 1. The van der Waals surface area contributed by atoms with Gasteiger partial charge in [0.05, 0.1) is 11.8 Å². The van der Waals surface area contributed by atoms with Crippen LogP contribution in [0, 0.1) is 0 Å². The van der Waals surface area contributed by atoms with E-state index in [0.29, 0.717) is 13.0 Å². The molecule has 1 amide bonds. The number of likely N-dealkylation sites (tertiary alicyclic amines) is 1. The lowest BCUT2D eigenvalue weighted by atomic mass is 10.2. The molecular weight excluding hydrogens is 256 g/mol. The maximum absolute atomic E-state index is 12.0. The number of amides is 1. The van der Waals surface area contributed by atoms with Crippen LogP contribution in [0.15, 0.2) is 0 Å². The third kappa shape index (κ3) is 4.81. The van der Waals surface area contributed by atoms with Gasteiger partial charge in [0.15, 0.2) is 0 Å². The van der Waals surface area contributed by atoms with Gasteiger partial charge in [0.2, 0.25) is 0 Å². The van der Waals surface area contributed by atoms with Crippen molar-refractivity contribution in [3.05, 3.63) is 0 Å². The zero-order chi connectivity index (χ0) is 14.1. The molecule has 0 saturated carbocycles. The van der Waals surface area contributed by atoms with Crippen LogP contribution in [-0.2, 0) is 14.6 Å². The van der Waals surface area contributed by atoms with E-state index >= 15 is 0 Å². The third-order valence-corrected chi connectivity index (χ3v) is 3.56. The molecule has 1 heterocycles. The molecule has 0 aliphatic carbocycles. The first-order chi connectivity index (χ1) is 7.98. The number of sulfone groups is 1. The van der Waals surface area contributed by atoms with Gasteiger partial charge in [-0.15, -0.1) is 0 Å². The van der Waals surface area contributed by atoms with Crippen molar-refractivity contribution in [3.63, 3.8) is 0 Å². The van der Waals surface area contributed by atoms with Gasteiger partial charge in [-0.2, -0.15) is 0 Å². The molecule has 7 heteroatoms. The molecule has 1 aliphatic rings. The Morgan fingerprint density at radius 1 is 1.44 bits per heavy atom. The average Bonchev–Trinajstić information content (AvgIpc) is 2.40. The molecule has 1 unspecified atom stereocenters. The van der Waals surface area contributed by atoms with Crippen LogP contribution in [0.3, 0.4) is 0 Å². The topological polar surface area (TPSA) is 89.7 Å². The molecule has 18 heavy (non-hydrogen) atoms. The van der Waals surface area contributed by atoms with Crippen molar-refractivity contribution in [2.75, 3.05) is 18.6 Å². The monoisotopic (exact) mass is 278 g/mol. The SMILES string of the molecule is CC(C)(C)OC(=O)N1C[C@H](N)CC1CS(C)(=O)=O. The van der Waals surface area contributed by atoms with E-state index in [-0.39, 0.29) is 17.8 Å². The highest BCUT2D eigenvalue weighted by molar-refractivity contribution is 7.90. The summed E-state index contributed by atoms with van der Waals surface area (Å²) in [5.41, 5.74) is 5.19. The van der Waals surface area contributed by atoms with Crippen LogP contribution in [0.1, 0.15) is 27.2 Å². The van der Waals surface area contributed by atoms with Gasteiger partial charge in [-0.3, -0.25) is 0 Å². The molecule has 0 bridgehead atoms. The van der Waals surface area contributed by atoms with Gasteiger partial charge in [0.25, 0.3) is 0 Å². The fourth-order valence-electron chi connectivity index (χ4n) is 2.00. The number of carbonyl (C=O) groups excluding carboxylic acids is 1. The normalized spacial score (nSPS) is 25.3. The highest BCUT2D eigenvalue weighted by Crippen LogP contribution is 2.21. The first kappa shape index (κ1) is 15.2. The Kier molecular flexibility index (Phi) is 4.27. The molecule has 2 atom stereocenters. The molecule has 0 aromatic heterocycles. The van der Waals surface area contributed by atoms with Crippen molar-refractivity contribution < 1.29 is 17.9 Å². The number of hydrogen-bond donors (Lipinski definition) is 1. The molecule has 0 aromatic carbocycles. The minimum Gasteiger partial charge on any atom is -0.444 e. The molecule has 106 valence electrons. The van der Waals surface area contributed by atoms with Crippen molar-refractivity contribution in [2.24, 2.45) is 5.73 Å². The molecule has 1 aliphatic heterocycles. The maximum Gasteiger partial charge on any atom is 0.410 e. The van der Waals surface area contributed by atoms with E-state index in [4.69, 9.17) is 10.5 Å². The molecule has 6 nitrogen and oxygen atoms in total. The van der Waals surface area contributed by atoms with E-state index in [1.807, 2.05) is 0 Å². The average molecular weight is 278 g/mol. The van der Waals surface area contributed by atoms with Gasteiger partial charge in [0, 0.05) is 18.8 Å². The minimum atomic E-state index is -3.15. The Balaban J connectivity index is 2.76. The largest absolute Gasteiger partial charge is 0.444 e. The van der Waals surface area contributed by atoms with Gasteiger partial charge in [0.1, 0.15) is 15.4 Å². The van der Waals surface area contributed by atoms with Gasteiger partial charge >= 0.3 is 6.09 Å². The molecule has 0 spiro atoms. The number of hydrogen-bond acceptors (Lipinski definition) is 5. The van der Waals surface area contributed by atoms with Crippen LogP contribution >= 0.6 is 0 Å². The lowest BCUT2D eigenvalue weighted by Crippen LogP contribution is -2.43. The van der Waals surface area contributed by atoms with E-state index in [1.165, 1.54) is 4.90 Å². The van der Waals surface area contributed by atoms with Gasteiger partial charge in [-0.05, 0) is 27.2 Å². The Morgan fingerprint density at radius 3 is 2.44 bits per heavy atom. The summed E-state index contributed by atoms with van der Waals surface area (Å²) < 4.78 is 27.9. The quantitative estimate of drug-likeness (QED) is 0.788. The van der Waals surface area contributed by atoms with E-state index in [0.717, 1.165) is 6.26 Å². The third-order valence-electron chi connectivity index (χ3n) is 2.57. The highest BCUT2D eigenvalue weighted by atomic mass is 32.2. The number of carbonyl (C=O) groups is 1. The zero-order valence-corrected chi connectivity index (χ0v) is 12.2. The van der Waals surface area contributed by atoms with Gasteiger partial charge in [-0.1, -0.05) is 0 Å². The lowest BCUT2D eigenvalue weighted by Gasteiger charge is -2.28. The number of nitrogens with zero attached hydrogens (tertiary/aromatic N) is 1. The molecule has 0 aromatic rings. The van der Waals surface area contributed by atoms with Crippen molar-refractivity contribution >= 4 is 15.9 Å². The lowest BCUT2D eigenvalue weighted by molar-refractivity contribution is 0.0239. The van der Waals surface area contributed by atoms with E-state index in [1.54, 1.807) is 20.8 Å². The second-order valence-electron chi connectivity index (χ2n) is 5.87. The smallest absolute Gasteiger partial charge is 0.410 e. The maximum atomic E-state index is 12.0. The van der Waals surface area contributed by atoms with Crippen LogP contribution in [0.25, 0.3) is 0 Å². The predicted molar refractivity (Wildman–Crippen MR) is 69.0 cm³/mol. The van der Waals surface area contributed by atoms with Gasteiger partial charge < -0.3 is 15.4 Å². The van der Waals surface area contributed by atoms with Crippen molar-refractivity contribution in [3.8, 4) is 0 Å². The fraction of sp³-hybridized carbons (Fsp3) is 0.909. The first-order valence-corrected chi connectivity index (χ1v) is 7.97. The summed E-state index contributed by atoms with van der Waals surface area (Å²) in [7, 11) is -3.15. The second-order valence-corrected chi connectivity index (χ2v) is 8.06. The molecule has 0 radical (unpaired) electrons. The van der Waals surface area contributed by atoms with Crippen molar-refractivity contribution in [2.45, 2.75) is 44.9 Å². The van der Waals surface area contributed by atoms with Gasteiger partial charge in [-0.25, -0.2) is 13.2 Å². The standard InChI is InChI=1S/C11H22N2O4S/c1-11(2,3)17-10(14)13-6-8(12)5-9(13)7-18(4,15)16/h8-9H,5-7,12H2,1-4H3/t8-,9?/m1/s1. The summed E-state index contributed by atoms with van der Waals surface area (Å²) in [6.07, 6.45) is 1.15. The van der Waals surface area contributed by atoms with Crippen LogP contribution < -0.4 is 5.73 Å². The van der Waals surface area contributed by atoms with Crippen molar-refractivity contribution in [1.82, 2.24) is 4.90 Å². The van der Waals surface area contributed by atoms with E-state index < -0.39 is 21.5 Å². The summed E-state index contributed by atoms with van der Waals surface area (Å²) in [6, 6.07) is -0.575. The zero-order valence-electron chi connectivity index (χ0n) is 11.3. The summed E-state index contributed by atoms with van der Waals surface area (Å²) in [6.45, 7) is 5.65. The molecule has 1 fully saturated rings. The predicted octanol–water partition coefficient (Wildman–Crippen LogP) is 0.368. The highest BCUT2D eigenvalue weighted by Gasteiger charge is 2.37. The second kappa shape index (κ2) is 5.05. The Labute approximate surface area is 108 Å². The summed E-state index contributed by atoms with van der Waals surface area (Å²) in [5.74, 6) is -0.0695. The minimum absolute atomic E-state index is 0.0695. The molecule has 1 saturated heterocycles. The fourth-order valence-corrected chi connectivity index (χ4v) is 3.02. The number of rotatable bonds is 2. The Morgan fingerprint density at radius 2 is 2.00 bits per heavy atom. The van der Waals surface area contributed by atoms with Crippen LogP contribution in [-0.4, -0.2) is 55.6 Å². The van der Waals surface area contributed by atoms with E-state index in [2.05, 4.69) is 0 Å². The van der Waals surface area contributed by atoms with Crippen LogP contribution in [0.4, 0.5) is 4.79 Å². The first-order valence-electron chi connectivity index (χ1n) is 5.91. The molecule has 2 N–H and O–H groups in total. The Hall–Kier alpha value is -0.820. The summed E-state index contributed by atoms with van der Waals surface area (Å²) in [5, 5.41) is 0. The summed E-state index contributed by atoms with van der Waals surface area (Å²) >= 11 is 0. The van der Waals surface area contributed by atoms with Crippen LogP contribution in [0.5, 0.6) is 0 Å². The number of nitrogens with two attached hydrogens (primary N) is 1. The van der Waals surface area contributed by atoms with Crippen molar-refractivity contribution in [1.29, 1.82) is 0 Å². The van der Waals surface area contributed by atoms with E-state index in [9.17, 15) is 13.2 Å². The molecular formula is C11H22N2O4S.